The van der Waals surface area contributed by atoms with Crippen molar-refractivity contribution >= 4 is 28.5 Å². The van der Waals surface area contributed by atoms with Gasteiger partial charge in [-0.1, -0.05) is 29.8 Å². The molecule has 0 unspecified atom stereocenters. The van der Waals surface area contributed by atoms with Gasteiger partial charge in [-0.3, -0.25) is 0 Å². The van der Waals surface area contributed by atoms with E-state index < -0.39 is 0 Å². The summed E-state index contributed by atoms with van der Waals surface area (Å²) in [5.74, 6) is -0.726. The van der Waals surface area contributed by atoms with Crippen molar-refractivity contribution in [2.24, 2.45) is 0 Å². The van der Waals surface area contributed by atoms with Crippen molar-refractivity contribution in [2.45, 2.75) is 6.92 Å². The lowest BCUT2D eigenvalue weighted by atomic mass is 9.97. The maximum absolute atomic E-state index is 14.3. The third kappa shape index (κ3) is 3.16. The Morgan fingerprint density at radius 2 is 1.89 bits per heavy atom. The van der Waals surface area contributed by atoms with Crippen molar-refractivity contribution in [3.05, 3.63) is 82.6 Å². The minimum absolute atomic E-state index is 0.359. The number of nitrogens with one attached hydrogen (secondary N) is 1. The fourth-order valence-corrected chi connectivity index (χ4v) is 3.69. The van der Waals surface area contributed by atoms with Crippen LogP contribution < -0.4 is 0 Å². The molecule has 4 rings (SSSR count). The van der Waals surface area contributed by atoms with E-state index in [0.29, 0.717) is 21.8 Å². The van der Waals surface area contributed by atoms with Gasteiger partial charge in [0, 0.05) is 10.9 Å². The third-order valence-electron chi connectivity index (χ3n) is 4.81. The number of aromatic amines is 1. The number of carbonyl (C=O) groups is 1. The van der Waals surface area contributed by atoms with E-state index >= 15 is 0 Å². The summed E-state index contributed by atoms with van der Waals surface area (Å²) in [5.41, 5.74) is 5.39. The van der Waals surface area contributed by atoms with E-state index in [4.69, 9.17) is 16.3 Å². The number of carbonyl (C=O) groups excluding carboxylic acids is 1. The highest BCUT2D eigenvalue weighted by atomic mass is 35.5. The first-order chi connectivity index (χ1) is 13.5. The van der Waals surface area contributed by atoms with E-state index in [1.165, 1.54) is 13.2 Å². The lowest BCUT2D eigenvalue weighted by Crippen LogP contribution is -2.01. The van der Waals surface area contributed by atoms with Gasteiger partial charge in [-0.15, -0.1) is 0 Å². The molecule has 0 saturated heterocycles. The highest BCUT2D eigenvalue weighted by Gasteiger charge is 2.14. The minimum atomic E-state index is -0.367. The molecule has 0 amide bonds. The number of hydrogen-bond acceptors (Lipinski definition) is 2. The molecular weight excluding hydrogens is 377 g/mol. The number of H-pyrrole nitrogens is 1. The molecule has 0 bridgehead atoms. The van der Waals surface area contributed by atoms with Gasteiger partial charge in [0.05, 0.1) is 29.0 Å². The molecule has 0 aliphatic rings. The van der Waals surface area contributed by atoms with E-state index in [1.807, 2.05) is 43.3 Å². The van der Waals surface area contributed by atoms with Crippen LogP contribution in [0, 0.1) is 12.7 Å². The summed E-state index contributed by atoms with van der Waals surface area (Å²) in [4.78, 5) is 14.9. The van der Waals surface area contributed by atoms with Crippen LogP contribution in [0.2, 0.25) is 5.02 Å². The predicted octanol–water partition coefficient (Wildman–Crippen LogP) is 6.39. The van der Waals surface area contributed by atoms with Crippen molar-refractivity contribution in [3.8, 4) is 22.4 Å². The molecule has 0 saturated carbocycles. The monoisotopic (exact) mass is 393 g/mol. The van der Waals surface area contributed by atoms with Gasteiger partial charge < -0.3 is 9.72 Å². The molecule has 28 heavy (non-hydrogen) atoms. The summed E-state index contributed by atoms with van der Waals surface area (Å²) in [5, 5.41) is 1.31. The van der Waals surface area contributed by atoms with Crippen LogP contribution in [0.25, 0.3) is 33.3 Å². The second-order valence-corrected chi connectivity index (χ2v) is 7.01. The zero-order valence-corrected chi connectivity index (χ0v) is 16.1. The lowest BCUT2D eigenvalue weighted by Gasteiger charge is -2.08. The maximum atomic E-state index is 14.3. The number of aryl methyl sites for hydroxylation is 1. The summed E-state index contributed by atoms with van der Waals surface area (Å²) in [6.07, 6.45) is 0. The Bertz CT molecular complexity index is 1190. The van der Waals surface area contributed by atoms with Gasteiger partial charge in [-0.2, -0.15) is 0 Å². The van der Waals surface area contributed by atoms with Crippen LogP contribution in [-0.2, 0) is 4.74 Å². The molecule has 0 radical (unpaired) electrons. The fourth-order valence-electron chi connectivity index (χ4n) is 3.42. The molecule has 0 aliphatic carbocycles. The molecule has 3 nitrogen and oxygen atoms in total. The van der Waals surface area contributed by atoms with Gasteiger partial charge >= 0.3 is 5.97 Å². The van der Waals surface area contributed by atoms with Crippen molar-refractivity contribution in [3.63, 3.8) is 0 Å². The molecule has 1 heterocycles. The molecule has 3 aromatic carbocycles. The van der Waals surface area contributed by atoms with Crippen molar-refractivity contribution in [1.82, 2.24) is 4.98 Å². The molecule has 140 valence electrons. The van der Waals surface area contributed by atoms with Crippen LogP contribution in [0.5, 0.6) is 0 Å². The summed E-state index contributed by atoms with van der Waals surface area (Å²) in [6, 6.07) is 18.0. The van der Waals surface area contributed by atoms with Crippen LogP contribution in [-0.4, -0.2) is 18.1 Å². The summed E-state index contributed by atoms with van der Waals surface area (Å²) >= 11 is 6.19. The third-order valence-corrected chi connectivity index (χ3v) is 5.13. The quantitative estimate of drug-likeness (QED) is 0.410. The molecule has 5 heteroatoms. The molecule has 4 aromatic rings. The van der Waals surface area contributed by atoms with Gasteiger partial charge in [-0.05, 0) is 66.1 Å². The predicted molar refractivity (Wildman–Crippen MR) is 110 cm³/mol. The zero-order chi connectivity index (χ0) is 19.8. The number of halogens is 2. The van der Waals surface area contributed by atoms with E-state index in [1.54, 1.807) is 18.2 Å². The van der Waals surface area contributed by atoms with Gasteiger partial charge in [0.2, 0.25) is 0 Å². The van der Waals surface area contributed by atoms with Crippen molar-refractivity contribution in [1.29, 1.82) is 0 Å². The Balaban J connectivity index is 1.78. The number of fused-ring (bicyclic) bond motifs is 1. The SMILES string of the molecule is COC(=O)c1ccc(-c2ccc3[nH]c(-c4c(F)cccc4Cl)cc3c2)c(C)c1. The molecule has 0 fully saturated rings. The van der Waals surface area contributed by atoms with Gasteiger partial charge in [0.1, 0.15) is 5.82 Å². The Hall–Kier alpha value is -3.11. The normalized spacial score (nSPS) is 11.0. The number of benzene rings is 3. The minimum Gasteiger partial charge on any atom is -0.465 e. The first kappa shape index (κ1) is 18.3. The largest absolute Gasteiger partial charge is 0.465 e. The number of hydrogen-bond donors (Lipinski definition) is 1. The molecular formula is C23H17ClFNO2. The van der Waals surface area contributed by atoms with Gasteiger partial charge in [0.25, 0.3) is 0 Å². The Morgan fingerprint density at radius 3 is 2.61 bits per heavy atom. The van der Waals surface area contributed by atoms with E-state index in [0.717, 1.165) is 27.6 Å². The number of methoxy groups -OCH3 is 1. The first-order valence-corrected chi connectivity index (χ1v) is 9.12. The average Bonchev–Trinajstić information content (AvgIpc) is 3.09. The Morgan fingerprint density at radius 1 is 1.07 bits per heavy atom. The Labute approximate surface area is 166 Å². The van der Waals surface area contributed by atoms with Gasteiger partial charge in [0.15, 0.2) is 0 Å². The average molecular weight is 394 g/mol. The second-order valence-electron chi connectivity index (χ2n) is 6.60. The summed E-state index contributed by atoms with van der Waals surface area (Å²) < 4.78 is 19.0. The molecule has 0 aliphatic heterocycles. The lowest BCUT2D eigenvalue weighted by molar-refractivity contribution is 0.0600. The summed E-state index contributed by atoms with van der Waals surface area (Å²) in [6.45, 7) is 1.95. The maximum Gasteiger partial charge on any atom is 0.337 e. The fraction of sp³-hybridized carbons (Fsp3) is 0.0870. The number of esters is 1. The molecule has 0 atom stereocenters. The highest BCUT2D eigenvalue weighted by molar-refractivity contribution is 6.33. The van der Waals surface area contributed by atoms with Crippen LogP contribution in [0.1, 0.15) is 15.9 Å². The van der Waals surface area contributed by atoms with Crippen molar-refractivity contribution < 1.29 is 13.9 Å². The topological polar surface area (TPSA) is 42.1 Å². The van der Waals surface area contributed by atoms with Crippen LogP contribution in [0.15, 0.2) is 60.7 Å². The first-order valence-electron chi connectivity index (χ1n) is 8.74. The Kier molecular flexibility index (Phi) is 4.65. The number of aromatic nitrogens is 1. The van der Waals surface area contributed by atoms with Crippen molar-refractivity contribution in [2.75, 3.05) is 7.11 Å². The molecule has 1 N–H and O–H groups in total. The molecule has 0 spiro atoms. The highest BCUT2D eigenvalue weighted by Crippen LogP contribution is 2.34. The van der Waals surface area contributed by atoms with Crippen LogP contribution in [0.3, 0.4) is 0 Å². The second kappa shape index (κ2) is 7.13. The van der Waals surface area contributed by atoms with E-state index in [9.17, 15) is 9.18 Å². The summed E-state index contributed by atoms with van der Waals surface area (Å²) in [7, 11) is 1.37. The smallest absolute Gasteiger partial charge is 0.337 e. The zero-order valence-electron chi connectivity index (χ0n) is 15.3. The van der Waals surface area contributed by atoms with Gasteiger partial charge in [-0.25, -0.2) is 9.18 Å². The number of rotatable bonds is 3. The standard InChI is InChI=1S/C23H17ClFNO2/c1-13-10-15(23(27)28-2)6-8-17(13)14-7-9-20-16(11-14)12-21(26-20)22-18(24)4-3-5-19(22)25/h3-12,26H,1-2H3. The number of ether oxygens (including phenoxy) is 1. The van der Waals surface area contributed by atoms with E-state index in [-0.39, 0.29) is 11.8 Å². The molecule has 1 aromatic heterocycles. The van der Waals surface area contributed by atoms with Crippen LogP contribution >= 0.6 is 11.6 Å². The van der Waals surface area contributed by atoms with E-state index in [2.05, 4.69) is 4.98 Å². The van der Waals surface area contributed by atoms with Crippen LogP contribution in [0.4, 0.5) is 4.39 Å².